The molecule has 2 aromatic rings. The molecule has 0 aromatic heterocycles. The van der Waals surface area contributed by atoms with E-state index in [1.807, 2.05) is 38.1 Å². The second-order valence-electron chi connectivity index (χ2n) is 4.73. The number of halogens is 1. The van der Waals surface area contributed by atoms with Gasteiger partial charge in [-0.3, -0.25) is 0 Å². The van der Waals surface area contributed by atoms with Crippen LogP contribution in [0, 0.1) is 24.1 Å². The molecule has 0 heterocycles. The minimum absolute atomic E-state index is 0.322. The third-order valence-electron chi connectivity index (χ3n) is 2.98. The minimum Gasteiger partial charge on any atom is -0.494 e. The lowest BCUT2D eigenvalue weighted by molar-refractivity contribution is 0.340. The summed E-state index contributed by atoms with van der Waals surface area (Å²) in [5, 5.41) is 12.4. The van der Waals surface area contributed by atoms with Gasteiger partial charge >= 0.3 is 0 Å². The summed E-state index contributed by atoms with van der Waals surface area (Å²) in [6.45, 7) is 4.28. The van der Waals surface area contributed by atoms with Crippen LogP contribution < -0.4 is 10.1 Å². The van der Waals surface area contributed by atoms with E-state index in [0.29, 0.717) is 18.0 Å². The summed E-state index contributed by atoms with van der Waals surface area (Å²) < 4.78 is 18.8. The molecule has 0 radical (unpaired) electrons. The molecule has 1 unspecified atom stereocenters. The van der Waals surface area contributed by atoms with Gasteiger partial charge in [0, 0.05) is 5.69 Å². The number of benzene rings is 2. The normalized spacial score (nSPS) is 11.5. The first-order valence-corrected chi connectivity index (χ1v) is 6.78. The lowest BCUT2D eigenvalue weighted by Gasteiger charge is -2.15. The number of nitrogens with zero attached hydrogens (tertiary/aromatic N) is 1. The van der Waals surface area contributed by atoms with Crippen molar-refractivity contribution in [3.63, 3.8) is 0 Å². The van der Waals surface area contributed by atoms with Crippen molar-refractivity contribution < 1.29 is 9.13 Å². The average molecular weight is 284 g/mol. The highest BCUT2D eigenvalue weighted by Gasteiger charge is 2.12. The molecule has 0 spiro atoms. The monoisotopic (exact) mass is 284 g/mol. The zero-order chi connectivity index (χ0) is 15.2. The van der Waals surface area contributed by atoms with Crippen LogP contribution in [0.15, 0.2) is 42.5 Å². The standard InChI is InChI=1S/C17H17FN2O/c1-3-21-16-6-4-5-13(9-16)17(11-19)20-15-8-12(2)7-14(18)10-15/h4-10,17,20H,3H2,1-2H3. The van der Waals surface area contributed by atoms with E-state index in [1.165, 1.54) is 12.1 Å². The Hall–Kier alpha value is -2.54. The lowest BCUT2D eigenvalue weighted by Crippen LogP contribution is -2.09. The number of nitriles is 1. The maximum absolute atomic E-state index is 13.4. The van der Waals surface area contributed by atoms with Gasteiger partial charge in [0.1, 0.15) is 17.6 Å². The highest BCUT2D eigenvalue weighted by atomic mass is 19.1. The van der Waals surface area contributed by atoms with E-state index in [9.17, 15) is 9.65 Å². The molecular formula is C17H17FN2O. The van der Waals surface area contributed by atoms with Gasteiger partial charge in [0.2, 0.25) is 0 Å². The molecule has 0 saturated carbocycles. The van der Waals surface area contributed by atoms with E-state index in [-0.39, 0.29) is 5.82 Å². The van der Waals surface area contributed by atoms with Crippen molar-refractivity contribution in [1.29, 1.82) is 5.26 Å². The molecule has 4 heteroatoms. The van der Waals surface area contributed by atoms with E-state index in [2.05, 4.69) is 11.4 Å². The number of rotatable bonds is 5. The van der Waals surface area contributed by atoms with E-state index in [0.717, 1.165) is 11.1 Å². The third-order valence-corrected chi connectivity index (χ3v) is 2.98. The van der Waals surface area contributed by atoms with Crippen LogP contribution in [0.2, 0.25) is 0 Å². The fourth-order valence-electron chi connectivity index (χ4n) is 2.13. The molecule has 2 rings (SSSR count). The number of ether oxygens (including phenoxy) is 1. The molecule has 3 nitrogen and oxygen atoms in total. The smallest absolute Gasteiger partial charge is 0.140 e. The minimum atomic E-state index is -0.563. The SMILES string of the molecule is CCOc1cccc(C(C#N)Nc2cc(C)cc(F)c2)c1. The largest absolute Gasteiger partial charge is 0.494 e. The number of aryl methyl sites for hydroxylation is 1. The molecule has 0 amide bonds. The Balaban J connectivity index is 2.23. The van der Waals surface area contributed by atoms with Crippen LogP contribution in [0.5, 0.6) is 5.75 Å². The fourth-order valence-corrected chi connectivity index (χ4v) is 2.13. The van der Waals surface area contributed by atoms with Gasteiger partial charge in [-0.2, -0.15) is 5.26 Å². The van der Waals surface area contributed by atoms with Crippen molar-refractivity contribution >= 4 is 5.69 Å². The molecule has 0 aliphatic heterocycles. The van der Waals surface area contributed by atoms with Crippen molar-refractivity contribution in [3.8, 4) is 11.8 Å². The predicted octanol–water partition coefficient (Wildman–Crippen LogP) is 4.21. The molecule has 108 valence electrons. The first-order valence-electron chi connectivity index (χ1n) is 6.78. The molecule has 1 atom stereocenters. The summed E-state index contributed by atoms with van der Waals surface area (Å²) >= 11 is 0. The highest BCUT2D eigenvalue weighted by Crippen LogP contribution is 2.24. The first-order chi connectivity index (χ1) is 10.1. The average Bonchev–Trinajstić information content (AvgIpc) is 2.44. The zero-order valence-electron chi connectivity index (χ0n) is 12.1. The van der Waals surface area contributed by atoms with Gasteiger partial charge in [-0.15, -0.1) is 0 Å². The van der Waals surface area contributed by atoms with Gasteiger partial charge < -0.3 is 10.1 Å². The van der Waals surface area contributed by atoms with Gasteiger partial charge in [-0.25, -0.2) is 4.39 Å². The Morgan fingerprint density at radius 1 is 1.29 bits per heavy atom. The maximum Gasteiger partial charge on any atom is 0.140 e. The van der Waals surface area contributed by atoms with E-state index < -0.39 is 6.04 Å². The molecule has 0 saturated heterocycles. The maximum atomic E-state index is 13.4. The second kappa shape index (κ2) is 6.76. The number of hydrogen-bond acceptors (Lipinski definition) is 3. The number of anilines is 1. The van der Waals surface area contributed by atoms with E-state index in [1.54, 1.807) is 6.07 Å². The van der Waals surface area contributed by atoms with Crippen LogP contribution in [-0.4, -0.2) is 6.61 Å². The predicted molar refractivity (Wildman–Crippen MR) is 80.7 cm³/mol. The molecule has 0 aliphatic carbocycles. The Morgan fingerprint density at radius 2 is 2.10 bits per heavy atom. The van der Waals surface area contributed by atoms with Crippen molar-refractivity contribution in [2.75, 3.05) is 11.9 Å². The Morgan fingerprint density at radius 3 is 2.76 bits per heavy atom. The van der Waals surface area contributed by atoms with Crippen molar-refractivity contribution in [1.82, 2.24) is 0 Å². The first kappa shape index (κ1) is 14.9. The summed E-state index contributed by atoms with van der Waals surface area (Å²) in [7, 11) is 0. The highest BCUT2D eigenvalue weighted by molar-refractivity contribution is 5.50. The van der Waals surface area contributed by atoms with Gasteiger partial charge in [0.25, 0.3) is 0 Å². The molecule has 1 N–H and O–H groups in total. The van der Waals surface area contributed by atoms with Gasteiger partial charge in [0.15, 0.2) is 0 Å². The topological polar surface area (TPSA) is 45.0 Å². The van der Waals surface area contributed by atoms with Crippen LogP contribution in [0.4, 0.5) is 10.1 Å². The van der Waals surface area contributed by atoms with Gasteiger partial charge in [-0.1, -0.05) is 12.1 Å². The summed E-state index contributed by atoms with van der Waals surface area (Å²) in [6.07, 6.45) is 0. The fraction of sp³-hybridized carbons (Fsp3) is 0.235. The lowest BCUT2D eigenvalue weighted by atomic mass is 10.1. The summed E-state index contributed by atoms with van der Waals surface area (Å²) in [4.78, 5) is 0. The van der Waals surface area contributed by atoms with Crippen LogP contribution >= 0.6 is 0 Å². The Labute approximate surface area is 124 Å². The van der Waals surface area contributed by atoms with Crippen molar-refractivity contribution in [2.45, 2.75) is 19.9 Å². The summed E-state index contributed by atoms with van der Waals surface area (Å²) in [5.41, 5.74) is 2.17. The number of hydrogen-bond donors (Lipinski definition) is 1. The van der Waals surface area contributed by atoms with Gasteiger partial charge in [0.05, 0.1) is 12.7 Å². The van der Waals surface area contributed by atoms with Crippen LogP contribution in [0.1, 0.15) is 24.1 Å². The van der Waals surface area contributed by atoms with Crippen LogP contribution in [0.3, 0.4) is 0 Å². The molecule has 0 bridgehead atoms. The molecule has 0 fully saturated rings. The summed E-state index contributed by atoms with van der Waals surface area (Å²) in [5.74, 6) is 0.393. The van der Waals surface area contributed by atoms with Gasteiger partial charge in [-0.05, 0) is 55.3 Å². The molecule has 21 heavy (non-hydrogen) atoms. The van der Waals surface area contributed by atoms with Crippen molar-refractivity contribution in [3.05, 3.63) is 59.4 Å². The quantitative estimate of drug-likeness (QED) is 0.894. The van der Waals surface area contributed by atoms with E-state index >= 15 is 0 Å². The third kappa shape index (κ3) is 3.96. The number of nitrogens with one attached hydrogen (secondary N) is 1. The molecule has 2 aromatic carbocycles. The Bertz CT molecular complexity index is 644. The molecular weight excluding hydrogens is 267 g/mol. The van der Waals surface area contributed by atoms with E-state index in [4.69, 9.17) is 4.74 Å². The summed E-state index contributed by atoms with van der Waals surface area (Å²) in [6, 6.07) is 13.6. The van der Waals surface area contributed by atoms with Crippen LogP contribution in [-0.2, 0) is 0 Å². The van der Waals surface area contributed by atoms with Crippen molar-refractivity contribution in [2.24, 2.45) is 0 Å². The molecule has 0 aliphatic rings. The zero-order valence-corrected chi connectivity index (χ0v) is 12.1. The van der Waals surface area contributed by atoms with Crippen LogP contribution in [0.25, 0.3) is 0 Å². The second-order valence-corrected chi connectivity index (χ2v) is 4.73. The Kier molecular flexibility index (Phi) is 4.78.